The number of rotatable bonds is 7. The topological polar surface area (TPSA) is 54.8 Å². The minimum Gasteiger partial charge on any atom is -0.362 e. The Hall–Kier alpha value is -2.27. The van der Waals surface area contributed by atoms with Crippen LogP contribution in [0.3, 0.4) is 0 Å². The Labute approximate surface area is 131 Å². The molecule has 5 heteroatoms. The van der Waals surface area contributed by atoms with E-state index in [0.717, 1.165) is 5.01 Å². The molecular weight excluding hydrogens is 266 g/mol. The average molecular weight is 290 g/mol. The fourth-order valence-corrected chi connectivity index (χ4v) is 1.83. The third-order valence-electron chi connectivity index (χ3n) is 3.08. The molecule has 1 aromatic heterocycles. The quantitative estimate of drug-likeness (QED) is 0.581. The smallest absolute Gasteiger partial charge is 0.132 e. The summed E-state index contributed by atoms with van der Waals surface area (Å²) in [6.07, 6.45) is 1.53. The van der Waals surface area contributed by atoms with Crippen LogP contribution in [-0.2, 0) is 10.3 Å². The van der Waals surface area contributed by atoms with Gasteiger partial charge in [-0.25, -0.2) is 0 Å². The monoisotopic (exact) mass is 290 g/mol. The molecule has 0 saturated heterocycles. The van der Waals surface area contributed by atoms with Gasteiger partial charge in [-0.2, -0.15) is 0 Å². The molecule has 0 bridgehead atoms. The Bertz CT molecular complexity index is 777. The minimum atomic E-state index is -1.40. The number of pyridine rings is 1. The van der Waals surface area contributed by atoms with Gasteiger partial charge in [-0.15, -0.1) is 4.91 Å². The summed E-state index contributed by atoms with van der Waals surface area (Å²) in [5.74, 6) is 0. The molecule has 0 aliphatic heterocycles. The van der Waals surface area contributed by atoms with Crippen LogP contribution in [0.4, 0.5) is 0 Å². The molecule has 0 fully saturated rings. The van der Waals surface area contributed by atoms with Crippen molar-refractivity contribution in [1.82, 2.24) is 9.99 Å². The van der Waals surface area contributed by atoms with E-state index in [-0.39, 0.29) is 30.8 Å². The number of nitroso groups, excluding NO2 is 1. The van der Waals surface area contributed by atoms with Gasteiger partial charge in [-0.05, 0) is 24.6 Å². The van der Waals surface area contributed by atoms with Crippen molar-refractivity contribution in [3.8, 4) is 0 Å². The van der Waals surface area contributed by atoms with Crippen LogP contribution in [0.15, 0.2) is 59.9 Å². The van der Waals surface area contributed by atoms with Gasteiger partial charge in [0.15, 0.2) is 0 Å². The zero-order valence-electron chi connectivity index (χ0n) is 16.9. The van der Waals surface area contributed by atoms with E-state index in [2.05, 4.69) is 10.3 Å². The first-order valence-electron chi connectivity index (χ1n) is 8.91. The maximum atomic E-state index is 10.5. The van der Waals surface area contributed by atoms with Gasteiger partial charge in [-0.3, -0.25) is 9.99 Å². The molecule has 0 aliphatic rings. The van der Waals surface area contributed by atoms with E-state index in [1.165, 1.54) is 13.2 Å². The Balaban J connectivity index is 2.61. The molecule has 1 unspecified atom stereocenters. The second-order valence-corrected chi connectivity index (χ2v) is 4.56. The lowest BCUT2D eigenvalue weighted by Crippen LogP contribution is -2.31. The van der Waals surface area contributed by atoms with Crippen LogP contribution < -0.4 is 0 Å². The highest BCUT2D eigenvalue weighted by atomic mass is 16.5. The number of hydrogen-bond acceptors (Lipinski definition) is 4. The van der Waals surface area contributed by atoms with Gasteiger partial charge in [0, 0.05) is 13.2 Å². The molecule has 2 aromatic rings. The molecule has 2 rings (SSSR count). The van der Waals surface area contributed by atoms with Crippen molar-refractivity contribution in [1.29, 1.82) is 0 Å². The molecule has 0 N–H and O–H groups in total. The maximum absolute atomic E-state index is 10.5. The van der Waals surface area contributed by atoms with Crippen molar-refractivity contribution in [2.24, 2.45) is 5.29 Å². The molecule has 1 aromatic carbocycles. The molecule has 1 heterocycles. The van der Waals surface area contributed by atoms with E-state index >= 15 is 0 Å². The van der Waals surface area contributed by atoms with Crippen molar-refractivity contribution in [2.75, 3.05) is 20.2 Å². The van der Waals surface area contributed by atoms with Crippen molar-refractivity contribution in [3.63, 3.8) is 0 Å². The molecule has 0 saturated carbocycles. The average Bonchev–Trinajstić information content (AvgIpc) is 2.65. The zero-order chi connectivity index (χ0) is 19.5. The Kier molecular flexibility index (Phi) is 3.18. The van der Waals surface area contributed by atoms with E-state index in [1.54, 1.807) is 25.1 Å². The zero-order valence-corrected chi connectivity index (χ0v) is 11.9. The molecule has 0 aliphatic carbocycles. The molecule has 21 heavy (non-hydrogen) atoms. The minimum absolute atomic E-state index is 0.0103. The van der Waals surface area contributed by atoms with E-state index in [9.17, 15) is 4.91 Å². The van der Waals surface area contributed by atoms with Crippen LogP contribution in [-0.4, -0.2) is 30.2 Å². The number of likely N-dealkylation sites (N-methyl/N-ethyl adjacent to an activating group) is 1. The van der Waals surface area contributed by atoms with Gasteiger partial charge >= 0.3 is 0 Å². The summed E-state index contributed by atoms with van der Waals surface area (Å²) in [6, 6.07) is 3.00. The lowest BCUT2D eigenvalue weighted by atomic mass is 9.91. The predicted molar refractivity (Wildman–Crippen MR) is 81.5 cm³/mol. The van der Waals surface area contributed by atoms with Crippen molar-refractivity contribution in [3.05, 3.63) is 70.8 Å². The van der Waals surface area contributed by atoms with Crippen LogP contribution in [0, 0.1) is 4.91 Å². The fraction of sp³-hybridized carbons (Fsp3) is 0.312. The lowest BCUT2D eigenvalue weighted by molar-refractivity contribution is -0.0150. The third kappa shape index (κ3) is 3.64. The van der Waals surface area contributed by atoms with Gasteiger partial charge in [0.05, 0.1) is 31.0 Å². The van der Waals surface area contributed by atoms with Crippen molar-refractivity contribution >= 4 is 0 Å². The highest BCUT2D eigenvalue weighted by molar-refractivity contribution is 5.31. The molecule has 0 amide bonds. The first kappa shape index (κ1) is 9.63. The van der Waals surface area contributed by atoms with Crippen molar-refractivity contribution < 1.29 is 11.6 Å². The first-order chi connectivity index (χ1) is 12.2. The summed E-state index contributed by atoms with van der Waals surface area (Å²) in [5, 5.41) is 3.90. The summed E-state index contributed by atoms with van der Waals surface area (Å²) in [4.78, 5) is 14.8. The maximum Gasteiger partial charge on any atom is 0.132 e. The second kappa shape index (κ2) is 6.95. The van der Waals surface area contributed by atoms with Crippen LogP contribution in [0.25, 0.3) is 0 Å². The van der Waals surface area contributed by atoms with Gasteiger partial charge in [0.1, 0.15) is 5.60 Å². The summed E-state index contributed by atoms with van der Waals surface area (Å²) in [6.45, 7) is 1.81. The normalized spacial score (nSPS) is 16.8. The summed E-state index contributed by atoms with van der Waals surface area (Å²) < 4.78 is 46.0. The molecule has 0 spiro atoms. The number of aromatic nitrogens is 1. The molecule has 0 radical (unpaired) electrons. The lowest BCUT2D eigenvalue weighted by Gasteiger charge is -2.30. The molecule has 5 nitrogen and oxygen atoms in total. The van der Waals surface area contributed by atoms with Gasteiger partial charge in [0.2, 0.25) is 0 Å². The predicted octanol–water partition coefficient (Wildman–Crippen LogP) is 2.97. The van der Waals surface area contributed by atoms with Gasteiger partial charge < -0.3 is 4.74 Å². The number of hydrogen-bond donors (Lipinski definition) is 0. The standard InChI is InChI=1S/C16H19N3O2/c1-16(14-8-4-3-5-9-14,15-10-6-7-11-17-15)21-13-12-19(2)18-20/h3-11H,12-13H2,1-2H3/i3D,4D,5D,8D,9D. The summed E-state index contributed by atoms with van der Waals surface area (Å²) in [7, 11) is 1.49. The van der Waals surface area contributed by atoms with E-state index in [0.29, 0.717) is 5.69 Å². The summed E-state index contributed by atoms with van der Waals surface area (Å²) in [5.41, 5.74) is -1.03. The Morgan fingerprint density at radius 2 is 2.14 bits per heavy atom. The Morgan fingerprint density at radius 1 is 1.38 bits per heavy atom. The van der Waals surface area contributed by atoms with Crippen LogP contribution in [0.2, 0.25) is 0 Å². The number of benzene rings is 1. The van der Waals surface area contributed by atoms with Crippen molar-refractivity contribution in [2.45, 2.75) is 12.5 Å². The molecule has 110 valence electrons. The third-order valence-corrected chi connectivity index (χ3v) is 3.08. The van der Waals surface area contributed by atoms with Gasteiger partial charge in [-0.1, -0.05) is 36.3 Å². The van der Waals surface area contributed by atoms with Gasteiger partial charge in [0.25, 0.3) is 0 Å². The van der Waals surface area contributed by atoms with Crippen LogP contribution in [0.5, 0.6) is 0 Å². The second-order valence-electron chi connectivity index (χ2n) is 4.56. The summed E-state index contributed by atoms with van der Waals surface area (Å²) >= 11 is 0. The van der Waals surface area contributed by atoms with Crippen LogP contribution >= 0.6 is 0 Å². The molecule has 1 atom stereocenters. The largest absolute Gasteiger partial charge is 0.362 e. The fourth-order valence-electron chi connectivity index (χ4n) is 1.83. The van der Waals surface area contributed by atoms with E-state index in [4.69, 9.17) is 11.6 Å². The number of ether oxygens (including phenoxy) is 1. The Morgan fingerprint density at radius 3 is 2.76 bits per heavy atom. The highest BCUT2D eigenvalue weighted by Crippen LogP contribution is 2.31. The first-order valence-corrected chi connectivity index (χ1v) is 6.41. The molecular formula is C16H19N3O2. The van der Waals surface area contributed by atoms with Crippen LogP contribution in [0.1, 0.15) is 25.0 Å². The number of nitrogens with zero attached hydrogens (tertiary/aromatic N) is 3. The van der Waals surface area contributed by atoms with E-state index < -0.39 is 23.7 Å². The SMILES string of the molecule is [2H]c1c([2H])c([2H])c(C(C)(OCCN(C)N=O)c2ccccn2)c([2H])c1[2H]. The van der Waals surface area contributed by atoms with E-state index in [1.807, 2.05) is 0 Å². The highest BCUT2D eigenvalue weighted by Gasteiger charge is 2.31.